The average molecular weight is 402 g/mol. The first-order valence-electron chi connectivity index (χ1n) is 9.25. The third-order valence-corrected chi connectivity index (χ3v) is 7.00. The molecule has 0 saturated carbocycles. The number of hydrogen-bond acceptors (Lipinski definition) is 3. The van der Waals surface area contributed by atoms with Crippen molar-refractivity contribution in [3.63, 3.8) is 0 Å². The molecule has 0 unspecified atom stereocenters. The molecule has 0 N–H and O–H groups in total. The van der Waals surface area contributed by atoms with Crippen molar-refractivity contribution >= 4 is 23.6 Å². The molecule has 2 aromatic carbocycles. The number of thioether (sulfide) groups is 1. The largest absolute Gasteiger partial charge is 0.338 e. The Bertz CT molecular complexity index is 896. The van der Waals surface area contributed by atoms with Crippen LogP contribution in [0.4, 0.5) is 8.78 Å². The Morgan fingerprint density at radius 2 is 1.57 bits per heavy atom. The molecule has 146 valence electrons. The molecule has 0 aliphatic carbocycles. The summed E-state index contributed by atoms with van der Waals surface area (Å²) in [7, 11) is 0. The van der Waals surface area contributed by atoms with E-state index in [-0.39, 0.29) is 28.1 Å². The molecule has 2 amide bonds. The zero-order valence-corrected chi connectivity index (χ0v) is 16.1. The molecule has 4 rings (SSSR count). The van der Waals surface area contributed by atoms with Crippen LogP contribution in [0.15, 0.2) is 48.5 Å². The second kappa shape index (κ2) is 7.54. The first-order chi connectivity index (χ1) is 13.5. The number of rotatable bonds is 2. The van der Waals surface area contributed by atoms with Gasteiger partial charge in [-0.3, -0.25) is 9.59 Å². The number of carbonyl (C=O) groups is 2. The standard InChI is InChI=1S/C21H20F2N2O2S/c22-16-7-5-15(6-8-16)19(26)25-13-14-28-21(25)9-11-24(12-10-21)20(27)17-3-1-2-4-18(17)23/h1-8H,9-14H2. The Morgan fingerprint density at radius 3 is 2.25 bits per heavy atom. The van der Waals surface area contributed by atoms with Gasteiger partial charge in [-0.05, 0) is 49.2 Å². The first-order valence-corrected chi connectivity index (χ1v) is 10.2. The van der Waals surface area contributed by atoms with E-state index in [0.29, 0.717) is 38.0 Å². The van der Waals surface area contributed by atoms with E-state index in [9.17, 15) is 18.4 Å². The Hall–Kier alpha value is -2.41. The first kappa shape index (κ1) is 18.9. The quantitative estimate of drug-likeness (QED) is 0.768. The summed E-state index contributed by atoms with van der Waals surface area (Å²) in [4.78, 5) is 28.8. The lowest BCUT2D eigenvalue weighted by atomic mass is 10.00. The number of halogens is 2. The fraction of sp³-hybridized carbons (Fsp3) is 0.333. The number of benzene rings is 2. The Kier molecular flexibility index (Phi) is 5.10. The maximum atomic E-state index is 13.9. The minimum Gasteiger partial charge on any atom is -0.338 e. The molecule has 0 bridgehead atoms. The topological polar surface area (TPSA) is 40.6 Å². The van der Waals surface area contributed by atoms with Gasteiger partial charge in [-0.1, -0.05) is 12.1 Å². The molecular weight excluding hydrogens is 382 g/mol. The van der Waals surface area contributed by atoms with Crippen LogP contribution >= 0.6 is 11.8 Å². The summed E-state index contributed by atoms with van der Waals surface area (Å²) < 4.78 is 27.1. The molecular formula is C21H20F2N2O2S. The van der Waals surface area contributed by atoms with Gasteiger partial charge in [0.1, 0.15) is 11.6 Å². The summed E-state index contributed by atoms with van der Waals surface area (Å²) in [6, 6.07) is 11.6. The SMILES string of the molecule is O=C(c1ccccc1F)N1CCC2(CC1)SCCN2C(=O)c1ccc(F)cc1. The molecule has 0 atom stereocenters. The highest BCUT2D eigenvalue weighted by Gasteiger charge is 2.47. The van der Waals surface area contributed by atoms with E-state index in [0.717, 1.165) is 5.75 Å². The van der Waals surface area contributed by atoms with E-state index in [4.69, 9.17) is 0 Å². The van der Waals surface area contributed by atoms with Crippen molar-refractivity contribution in [1.82, 2.24) is 9.80 Å². The van der Waals surface area contributed by atoms with Crippen molar-refractivity contribution in [2.45, 2.75) is 17.7 Å². The number of amides is 2. The van der Waals surface area contributed by atoms with Crippen molar-refractivity contribution in [2.24, 2.45) is 0 Å². The Labute approximate surface area is 166 Å². The Balaban J connectivity index is 1.48. The van der Waals surface area contributed by atoms with Crippen molar-refractivity contribution in [1.29, 1.82) is 0 Å². The molecule has 2 aliphatic rings. The van der Waals surface area contributed by atoms with Crippen molar-refractivity contribution < 1.29 is 18.4 Å². The number of nitrogens with zero attached hydrogens (tertiary/aromatic N) is 2. The van der Waals surface area contributed by atoms with E-state index in [1.54, 1.807) is 28.8 Å². The van der Waals surface area contributed by atoms with Crippen molar-refractivity contribution in [2.75, 3.05) is 25.4 Å². The van der Waals surface area contributed by atoms with Crippen LogP contribution in [0.25, 0.3) is 0 Å². The summed E-state index contributed by atoms with van der Waals surface area (Å²) in [5.74, 6) is -0.488. The predicted molar refractivity (Wildman–Crippen MR) is 104 cm³/mol. The number of hydrogen-bond donors (Lipinski definition) is 0. The fourth-order valence-electron chi connectivity index (χ4n) is 3.92. The lowest BCUT2D eigenvalue weighted by Crippen LogP contribution is -2.53. The second-order valence-electron chi connectivity index (χ2n) is 7.03. The molecule has 2 fully saturated rings. The number of piperidine rings is 1. The van der Waals surface area contributed by atoms with Gasteiger partial charge in [0.05, 0.1) is 10.4 Å². The molecule has 0 radical (unpaired) electrons. The van der Waals surface area contributed by atoms with Gasteiger partial charge in [-0.15, -0.1) is 11.8 Å². The van der Waals surface area contributed by atoms with E-state index >= 15 is 0 Å². The normalized spacial score (nSPS) is 18.5. The zero-order chi connectivity index (χ0) is 19.7. The van der Waals surface area contributed by atoms with Gasteiger partial charge in [0.25, 0.3) is 11.8 Å². The highest BCUT2D eigenvalue weighted by molar-refractivity contribution is 8.00. The van der Waals surface area contributed by atoms with Crippen LogP contribution in [-0.4, -0.2) is 51.9 Å². The molecule has 2 heterocycles. The lowest BCUT2D eigenvalue weighted by molar-refractivity contribution is 0.0496. The smallest absolute Gasteiger partial charge is 0.256 e. The second-order valence-corrected chi connectivity index (χ2v) is 8.49. The summed E-state index contributed by atoms with van der Waals surface area (Å²) in [6.07, 6.45) is 1.26. The Morgan fingerprint density at radius 1 is 0.893 bits per heavy atom. The van der Waals surface area contributed by atoms with Crippen LogP contribution in [0.3, 0.4) is 0 Å². The van der Waals surface area contributed by atoms with Crippen LogP contribution in [0.5, 0.6) is 0 Å². The van der Waals surface area contributed by atoms with Gasteiger partial charge in [-0.25, -0.2) is 8.78 Å². The molecule has 0 aromatic heterocycles. The summed E-state index contributed by atoms with van der Waals surface area (Å²) in [5, 5.41) is 0. The molecule has 7 heteroatoms. The van der Waals surface area contributed by atoms with Gasteiger partial charge in [0.15, 0.2) is 0 Å². The lowest BCUT2D eigenvalue weighted by Gasteiger charge is -2.44. The van der Waals surface area contributed by atoms with E-state index in [1.807, 2.05) is 4.90 Å². The fourth-order valence-corrected chi connectivity index (χ4v) is 5.38. The van der Waals surface area contributed by atoms with Gasteiger partial charge in [-0.2, -0.15) is 0 Å². The zero-order valence-electron chi connectivity index (χ0n) is 15.2. The molecule has 2 saturated heterocycles. The summed E-state index contributed by atoms with van der Waals surface area (Å²) >= 11 is 1.73. The highest BCUT2D eigenvalue weighted by atomic mass is 32.2. The van der Waals surface area contributed by atoms with Crippen LogP contribution in [0.2, 0.25) is 0 Å². The van der Waals surface area contributed by atoms with Crippen LogP contribution in [-0.2, 0) is 0 Å². The number of carbonyl (C=O) groups excluding carboxylic acids is 2. The summed E-state index contributed by atoms with van der Waals surface area (Å²) in [6.45, 7) is 1.56. The van der Waals surface area contributed by atoms with Gasteiger partial charge in [0, 0.05) is 31.0 Å². The van der Waals surface area contributed by atoms with Gasteiger partial charge < -0.3 is 9.80 Å². The maximum absolute atomic E-state index is 13.9. The minimum absolute atomic E-state index is 0.0803. The van der Waals surface area contributed by atoms with Gasteiger partial charge >= 0.3 is 0 Å². The van der Waals surface area contributed by atoms with Crippen molar-refractivity contribution in [3.8, 4) is 0 Å². The molecule has 2 aliphatic heterocycles. The third-order valence-electron chi connectivity index (χ3n) is 5.45. The summed E-state index contributed by atoms with van der Waals surface area (Å²) in [5.41, 5.74) is 0.546. The maximum Gasteiger partial charge on any atom is 0.256 e. The molecule has 4 nitrogen and oxygen atoms in total. The molecule has 2 aromatic rings. The average Bonchev–Trinajstić information content (AvgIpc) is 3.11. The van der Waals surface area contributed by atoms with Crippen LogP contribution < -0.4 is 0 Å². The van der Waals surface area contributed by atoms with Crippen molar-refractivity contribution in [3.05, 3.63) is 71.3 Å². The molecule has 28 heavy (non-hydrogen) atoms. The minimum atomic E-state index is -0.517. The molecule has 1 spiro atoms. The van der Waals surface area contributed by atoms with Gasteiger partial charge in [0.2, 0.25) is 0 Å². The predicted octanol–water partition coefficient (Wildman–Crippen LogP) is 3.79. The highest BCUT2D eigenvalue weighted by Crippen LogP contribution is 2.44. The van der Waals surface area contributed by atoms with Crippen LogP contribution in [0.1, 0.15) is 33.6 Å². The monoisotopic (exact) mass is 402 g/mol. The van der Waals surface area contributed by atoms with E-state index in [1.165, 1.54) is 36.4 Å². The third kappa shape index (κ3) is 3.39. The van der Waals surface area contributed by atoms with E-state index < -0.39 is 5.82 Å². The van der Waals surface area contributed by atoms with E-state index in [2.05, 4.69) is 0 Å². The number of likely N-dealkylation sites (tertiary alicyclic amines) is 1. The van der Waals surface area contributed by atoms with Crippen LogP contribution in [0, 0.1) is 11.6 Å².